The average Bonchev–Trinajstić information content (AvgIpc) is 2.59. The molecule has 3 atom stereocenters. The highest BCUT2D eigenvalue weighted by atomic mass is 16.2. The SMILES string of the molecule is CC1CCC(CNC(=O)[C@@H](N)C(C)C)C1. The van der Waals surface area contributed by atoms with Crippen LogP contribution in [0, 0.1) is 17.8 Å². The maximum Gasteiger partial charge on any atom is 0.237 e. The van der Waals surface area contributed by atoms with Gasteiger partial charge in [0.1, 0.15) is 0 Å². The fourth-order valence-electron chi connectivity index (χ4n) is 2.18. The van der Waals surface area contributed by atoms with Crippen molar-refractivity contribution in [3.63, 3.8) is 0 Å². The van der Waals surface area contributed by atoms with E-state index in [4.69, 9.17) is 5.73 Å². The summed E-state index contributed by atoms with van der Waals surface area (Å²) in [4.78, 5) is 11.6. The molecule has 0 aromatic heterocycles. The van der Waals surface area contributed by atoms with Crippen molar-refractivity contribution in [1.29, 1.82) is 0 Å². The number of rotatable bonds is 4. The van der Waals surface area contributed by atoms with Crippen LogP contribution in [-0.2, 0) is 4.79 Å². The molecule has 1 rings (SSSR count). The Kier molecular flexibility index (Phi) is 4.58. The molecule has 0 bridgehead atoms. The molecule has 1 saturated carbocycles. The molecule has 3 nitrogen and oxygen atoms in total. The highest BCUT2D eigenvalue weighted by Crippen LogP contribution is 2.29. The molecule has 3 N–H and O–H groups in total. The summed E-state index contributed by atoms with van der Waals surface area (Å²) in [5.41, 5.74) is 5.76. The van der Waals surface area contributed by atoms with E-state index in [0.29, 0.717) is 5.92 Å². The Balaban J connectivity index is 2.22. The molecule has 1 aliphatic rings. The zero-order valence-electron chi connectivity index (χ0n) is 10.1. The Morgan fingerprint density at radius 3 is 2.60 bits per heavy atom. The maximum absolute atomic E-state index is 11.6. The van der Waals surface area contributed by atoms with Crippen molar-refractivity contribution < 1.29 is 4.79 Å². The van der Waals surface area contributed by atoms with E-state index >= 15 is 0 Å². The summed E-state index contributed by atoms with van der Waals surface area (Å²) < 4.78 is 0. The van der Waals surface area contributed by atoms with Gasteiger partial charge < -0.3 is 11.1 Å². The van der Waals surface area contributed by atoms with E-state index in [1.165, 1.54) is 19.3 Å². The molecule has 0 heterocycles. The molecule has 1 amide bonds. The van der Waals surface area contributed by atoms with Gasteiger partial charge in [-0.15, -0.1) is 0 Å². The van der Waals surface area contributed by atoms with Crippen molar-refractivity contribution in [2.24, 2.45) is 23.5 Å². The predicted octanol–water partition coefficient (Wildman–Crippen LogP) is 1.52. The average molecular weight is 212 g/mol. The second kappa shape index (κ2) is 5.50. The molecule has 0 aromatic carbocycles. The molecule has 0 aliphatic heterocycles. The van der Waals surface area contributed by atoms with Crippen LogP contribution in [0.3, 0.4) is 0 Å². The van der Waals surface area contributed by atoms with Gasteiger partial charge in [-0.25, -0.2) is 0 Å². The van der Waals surface area contributed by atoms with Crippen LogP contribution in [0.5, 0.6) is 0 Å². The number of carbonyl (C=O) groups is 1. The summed E-state index contributed by atoms with van der Waals surface area (Å²) in [6.45, 7) is 7.04. The minimum atomic E-state index is -0.358. The predicted molar refractivity (Wildman–Crippen MR) is 62.3 cm³/mol. The lowest BCUT2D eigenvalue weighted by atomic mass is 10.0. The van der Waals surface area contributed by atoms with Gasteiger partial charge in [-0.05, 0) is 30.6 Å². The van der Waals surface area contributed by atoms with Gasteiger partial charge in [0.05, 0.1) is 6.04 Å². The molecule has 1 fully saturated rings. The summed E-state index contributed by atoms with van der Waals surface area (Å²) in [6, 6.07) is -0.358. The molecule has 0 saturated heterocycles. The second-order valence-electron chi connectivity index (χ2n) is 5.30. The Morgan fingerprint density at radius 2 is 2.13 bits per heavy atom. The zero-order valence-corrected chi connectivity index (χ0v) is 10.1. The van der Waals surface area contributed by atoms with Crippen LogP contribution in [0.4, 0.5) is 0 Å². The molecule has 1 aliphatic carbocycles. The van der Waals surface area contributed by atoms with Crippen LogP contribution in [0.25, 0.3) is 0 Å². The third-order valence-corrected chi connectivity index (χ3v) is 3.39. The molecule has 0 radical (unpaired) electrons. The van der Waals surface area contributed by atoms with Gasteiger partial charge in [0.15, 0.2) is 0 Å². The molecule has 88 valence electrons. The van der Waals surface area contributed by atoms with E-state index in [0.717, 1.165) is 12.5 Å². The first-order valence-corrected chi connectivity index (χ1v) is 6.04. The standard InChI is InChI=1S/C12H24N2O/c1-8(2)11(13)12(15)14-7-10-5-4-9(3)6-10/h8-11H,4-7,13H2,1-3H3,(H,14,15)/t9?,10?,11-/m0/s1. The summed E-state index contributed by atoms with van der Waals surface area (Å²) in [5, 5.41) is 2.96. The first-order chi connectivity index (χ1) is 7.00. The first-order valence-electron chi connectivity index (χ1n) is 6.04. The third-order valence-electron chi connectivity index (χ3n) is 3.39. The van der Waals surface area contributed by atoms with Gasteiger partial charge in [-0.3, -0.25) is 4.79 Å². The van der Waals surface area contributed by atoms with E-state index in [1.54, 1.807) is 0 Å². The van der Waals surface area contributed by atoms with Crippen LogP contribution in [-0.4, -0.2) is 18.5 Å². The summed E-state index contributed by atoms with van der Waals surface area (Å²) in [5.74, 6) is 1.71. The van der Waals surface area contributed by atoms with Crippen LogP contribution < -0.4 is 11.1 Å². The fraction of sp³-hybridized carbons (Fsp3) is 0.917. The Morgan fingerprint density at radius 1 is 1.47 bits per heavy atom. The second-order valence-corrected chi connectivity index (χ2v) is 5.30. The van der Waals surface area contributed by atoms with Crippen LogP contribution in [0.1, 0.15) is 40.0 Å². The van der Waals surface area contributed by atoms with Gasteiger partial charge in [-0.2, -0.15) is 0 Å². The zero-order chi connectivity index (χ0) is 11.4. The lowest BCUT2D eigenvalue weighted by molar-refractivity contribution is -0.123. The maximum atomic E-state index is 11.6. The number of amides is 1. The highest BCUT2D eigenvalue weighted by Gasteiger charge is 2.23. The van der Waals surface area contributed by atoms with E-state index in [1.807, 2.05) is 13.8 Å². The van der Waals surface area contributed by atoms with Crippen LogP contribution in [0.2, 0.25) is 0 Å². The van der Waals surface area contributed by atoms with Crippen molar-refractivity contribution in [2.75, 3.05) is 6.54 Å². The summed E-state index contributed by atoms with van der Waals surface area (Å²) >= 11 is 0. The summed E-state index contributed by atoms with van der Waals surface area (Å²) in [6.07, 6.45) is 3.80. The first kappa shape index (κ1) is 12.5. The lowest BCUT2D eigenvalue weighted by Gasteiger charge is -2.17. The van der Waals surface area contributed by atoms with Gasteiger partial charge >= 0.3 is 0 Å². The van der Waals surface area contributed by atoms with Crippen molar-refractivity contribution in [3.8, 4) is 0 Å². The normalized spacial score (nSPS) is 28.1. The van der Waals surface area contributed by atoms with Gasteiger partial charge in [0.25, 0.3) is 0 Å². The van der Waals surface area contributed by atoms with Crippen molar-refractivity contribution >= 4 is 5.91 Å². The van der Waals surface area contributed by atoms with Gasteiger partial charge in [0.2, 0.25) is 5.91 Å². The van der Waals surface area contributed by atoms with E-state index in [2.05, 4.69) is 12.2 Å². The molecular weight excluding hydrogens is 188 g/mol. The quantitative estimate of drug-likeness (QED) is 0.742. The van der Waals surface area contributed by atoms with E-state index < -0.39 is 0 Å². The molecule has 15 heavy (non-hydrogen) atoms. The number of hydrogen-bond acceptors (Lipinski definition) is 2. The van der Waals surface area contributed by atoms with Gasteiger partial charge in [-0.1, -0.05) is 27.2 Å². The fourth-order valence-corrected chi connectivity index (χ4v) is 2.18. The van der Waals surface area contributed by atoms with Crippen molar-refractivity contribution in [2.45, 2.75) is 46.1 Å². The minimum Gasteiger partial charge on any atom is -0.354 e. The Bertz CT molecular complexity index is 216. The van der Waals surface area contributed by atoms with Crippen LogP contribution in [0.15, 0.2) is 0 Å². The highest BCUT2D eigenvalue weighted by molar-refractivity contribution is 5.81. The van der Waals surface area contributed by atoms with E-state index in [-0.39, 0.29) is 17.9 Å². The van der Waals surface area contributed by atoms with Crippen molar-refractivity contribution in [3.05, 3.63) is 0 Å². The van der Waals surface area contributed by atoms with Gasteiger partial charge in [0, 0.05) is 6.54 Å². The molecule has 2 unspecified atom stereocenters. The van der Waals surface area contributed by atoms with Crippen molar-refractivity contribution in [1.82, 2.24) is 5.32 Å². The topological polar surface area (TPSA) is 55.1 Å². The lowest BCUT2D eigenvalue weighted by Crippen LogP contribution is -2.45. The number of nitrogens with two attached hydrogens (primary N) is 1. The van der Waals surface area contributed by atoms with E-state index in [9.17, 15) is 4.79 Å². The third kappa shape index (κ3) is 3.82. The summed E-state index contributed by atoms with van der Waals surface area (Å²) in [7, 11) is 0. The molecule has 0 spiro atoms. The monoisotopic (exact) mass is 212 g/mol. The minimum absolute atomic E-state index is 0.00422. The van der Waals surface area contributed by atoms with Crippen LogP contribution >= 0.6 is 0 Å². The Labute approximate surface area is 92.8 Å². The number of carbonyl (C=O) groups excluding carboxylic acids is 1. The molecular formula is C12H24N2O. The largest absolute Gasteiger partial charge is 0.354 e. The number of hydrogen-bond donors (Lipinski definition) is 2. The Hall–Kier alpha value is -0.570. The molecule has 3 heteroatoms. The molecule has 0 aromatic rings. The smallest absolute Gasteiger partial charge is 0.237 e. The number of nitrogens with one attached hydrogen (secondary N) is 1.